The van der Waals surface area contributed by atoms with Crippen molar-refractivity contribution in [3.8, 4) is 0 Å². The predicted octanol–water partition coefficient (Wildman–Crippen LogP) is 2.69. The van der Waals surface area contributed by atoms with Crippen LogP contribution in [0.1, 0.15) is 53.4 Å². The van der Waals surface area contributed by atoms with Crippen LogP contribution in [0.5, 0.6) is 0 Å². The first-order chi connectivity index (χ1) is 9.76. The van der Waals surface area contributed by atoms with E-state index < -0.39 is 0 Å². The van der Waals surface area contributed by atoms with Gasteiger partial charge in [0.15, 0.2) is 0 Å². The SMILES string of the molecule is CC1(C)CC(NC(=O)CCCn2cccc2)CC(C)(C)N1. The van der Waals surface area contributed by atoms with E-state index in [9.17, 15) is 4.79 Å². The molecule has 4 heteroatoms. The molecular weight excluding hydrogens is 262 g/mol. The smallest absolute Gasteiger partial charge is 0.220 e. The van der Waals surface area contributed by atoms with Crippen LogP contribution in [0.2, 0.25) is 0 Å². The third-order valence-electron chi connectivity index (χ3n) is 4.04. The van der Waals surface area contributed by atoms with E-state index in [1.165, 1.54) is 0 Å². The third kappa shape index (κ3) is 5.20. The zero-order chi connectivity index (χ0) is 15.5. The maximum absolute atomic E-state index is 12.1. The van der Waals surface area contributed by atoms with Crippen LogP contribution < -0.4 is 10.6 Å². The number of aryl methyl sites for hydroxylation is 1. The van der Waals surface area contributed by atoms with E-state index in [2.05, 4.69) is 42.9 Å². The van der Waals surface area contributed by atoms with Gasteiger partial charge < -0.3 is 15.2 Å². The lowest BCUT2D eigenvalue weighted by Gasteiger charge is -2.46. The quantitative estimate of drug-likeness (QED) is 0.876. The number of aromatic nitrogens is 1. The Morgan fingerprint density at radius 2 is 1.76 bits per heavy atom. The van der Waals surface area contributed by atoms with Gasteiger partial charge in [-0.2, -0.15) is 0 Å². The second-order valence-electron chi connectivity index (χ2n) is 7.59. The highest BCUT2D eigenvalue weighted by Crippen LogP contribution is 2.28. The van der Waals surface area contributed by atoms with Crippen molar-refractivity contribution in [2.75, 3.05) is 0 Å². The molecule has 0 unspecified atom stereocenters. The standard InChI is InChI=1S/C17H29N3O/c1-16(2)12-14(13-17(3,4)19-16)18-15(21)8-7-11-20-9-5-6-10-20/h5-6,9-10,14,19H,7-8,11-13H2,1-4H3,(H,18,21). The van der Waals surface area contributed by atoms with Crippen LogP contribution in [0.25, 0.3) is 0 Å². The van der Waals surface area contributed by atoms with Crippen molar-refractivity contribution in [3.63, 3.8) is 0 Å². The minimum Gasteiger partial charge on any atom is -0.354 e. The van der Waals surface area contributed by atoms with E-state index in [4.69, 9.17) is 0 Å². The van der Waals surface area contributed by atoms with Gasteiger partial charge in [0, 0.05) is 42.5 Å². The normalized spacial score (nSPS) is 21.1. The monoisotopic (exact) mass is 291 g/mol. The van der Waals surface area contributed by atoms with E-state index in [1.54, 1.807) is 0 Å². The van der Waals surface area contributed by atoms with Crippen LogP contribution in [-0.2, 0) is 11.3 Å². The summed E-state index contributed by atoms with van der Waals surface area (Å²) in [7, 11) is 0. The second-order valence-corrected chi connectivity index (χ2v) is 7.59. The molecule has 0 aromatic carbocycles. The van der Waals surface area contributed by atoms with Gasteiger partial charge in [-0.15, -0.1) is 0 Å². The fourth-order valence-electron chi connectivity index (χ4n) is 3.67. The molecule has 1 fully saturated rings. The molecule has 0 bridgehead atoms. The number of hydrogen-bond donors (Lipinski definition) is 2. The number of amides is 1. The van der Waals surface area contributed by atoms with Gasteiger partial charge in [-0.25, -0.2) is 0 Å². The molecular formula is C17H29N3O. The van der Waals surface area contributed by atoms with Crippen LogP contribution in [0.4, 0.5) is 0 Å². The minimum absolute atomic E-state index is 0.0742. The summed E-state index contributed by atoms with van der Waals surface area (Å²) in [5, 5.41) is 6.86. The lowest BCUT2D eigenvalue weighted by atomic mass is 9.79. The Balaban J connectivity index is 1.76. The Morgan fingerprint density at radius 1 is 1.19 bits per heavy atom. The molecule has 0 spiro atoms. The van der Waals surface area contributed by atoms with Gasteiger partial charge in [-0.3, -0.25) is 4.79 Å². The lowest BCUT2D eigenvalue weighted by Crippen LogP contribution is -2.62. The Kier molecular flexibility index (Phi) is 4.77. The highest BCUT2D eigenvalue weighted by Gasteiger charge is 2.37. The van der Waals surface area contributed by atoms with Gasteiger partial charge in [0.05, 0.1) is 0 Å². The highest BCUT2D eigenvalue weighted by molar-refractivity contribution is 5.76. The lowest BCUT2D eigenvalue weighted by molar-refractivity contribution is -0.122. The van der Waals surface area contributed by atoms with E-state index >= 15 is 0 Å². The number of carbonyl (C=O) groups excluding carboxylic acids is 1. The number of nitrogens with zero attached hydrogens (tertiary/aromatic N) is 1. The topological polar surface area (TPSA) is 46.1 Å². The maximum atomic E-state index is 12.1. The van der Waals surface area contributed by atoms with Crippen molar-refractivity contribution in [3.05, 3.63) is 24.5 Å². The summed E-state index contributed by atoms with van der Waals surface area (Å²) in [5.74, 6) is 0.181. The average Bonchev–Trinajstić information content (AvgIpc) is 2.77. The summed E-state index contributed by atoms with van der Waals surface area (Å²) in [6, 6.07) is 4.30. The number of carbonyl (C=O) groups is 1. The Labute approximate surface area is 128 Å². The van der Waals surface area contributed by atoms with Crippen molar-refractivity contribution in [2.24, 2.45) is 0 Å². The second kappa shape index (κ2) is 6.22. The fraction of sp³-hybridized carbons (Fsp3) is 0.706. The molecule has 2 N–H and O–H groups in total. The van der Waals surface area contributed by atoms with Crippen molar-refractivity contribution >= 4 is 5.91 Å². The first-order valence-corrected chi connectivity index (χ1v) is 7.95. The van der Waals surface area contributed by atoms with Gasteiger partial charge in [0.1, 0.15) is 0 Å². The maximum Gasteiger partial charge on any atom is 0.220 e. The molecule has 1 saturated heterocycles. The molecule has 21 heavy (non-hydrogen) atoms. The summed E-state index contributed by atoms with van der Waals surface area (Å²) in [6.07, 6.45) is 7.53. The molecule has 2 rings (SSSR count). The minimum atomic E-state index is 0.0742. The van der Waals surface area contributed by atoms with Gasteiger partial charge in [0.2, 0.25) is 5.91 Å². The van der Waals surface area contributed by atoms with E-state index in [0.29, 0.717) is 6.42 Å². The molecule has 0 saturated carbocycles. The first-order valence-electron chi connectivity index (χ1n) is 7.95. The number of piperidine rings is 1. The molecule has 0 atom stereocenters. The fourth-order valence-corrected chi connectivity index (χ4v) is 3.67. The molecule has 1 aliphatic rings. The zero-order valence-electron chi connectivity index (χ0n) is 13.8. The van der Waals surface area contributed by atoms with Crippen LogP contribution in [0.3, 0.4) is 0 Å². The van der Waals surface area contributed by atoms with E-state index in [1.807, 2.05) is 24.5 Å². The summed E-state index contributed by atoms with van der Waals surface area (Å²) in [6.45, 7) is 9.74. The molecule has 1 aromatic heterocycles. The molecule has 1 aromatic rings. The molecule has 0 aliphatic carbocycles. The van der Waals surface area contributed by atoms with Gasteiger partial charge in [0.25, 0.3) is 0 Å². The molecule has 2 heterocycles. The average molecular weight is 291 g/mol. The molecule has 4 nitrogen and oxygen atoms in total. The number of rotatable bonds is 5. The Hall–Kier alpha value is -1.29. The van der Waals surface area contributed by atoms with Gasteiger partial charge in [-0.1, -0.05) is 0 Å². The van der Waals surface area contributed by atoms with Crippen molar-refractivity contribution in [1.82, 2.24) is 15.2 Å². The van der Waals surface area contributed by atoms with Crippen LogP contribution in [0, 0.1) is 0 Å². The van der Waals surface area contributed by atoms with Crippen LogP contribution >= 0.6 is 0 Å². The van der Waals surface area contributed by atoms with Crippen LogP contribution in [0.15, 0.2) is 24.5 Å². The molecule has 1 amide bonds. The van der Waals surface area contributed by atoms with Crippen LogP contribution in [-0.4, -0.2) is 27.6 Å². The first kappa shape index (κ1) is 16.1. The highest BCUT2D eigenvalue weighted by atomic mass is 16.1. The summed E-state index contributed by atoms with van der Waals surface area (Å²) >= 11 is 0. The Bertz CT molecular complexity index is 446. The molecule has 1 aliphatic heterocycles. The van der Waals surface area contributed by atoms with Crippen molar-refractivity contribution < 1.29 is 4.79 Å². The van der Waals surface area contributed by atoms with E-state index in [-0.39, 0.29) is 23.0 Å². The zero-order valence-corrected chi connectivity index (χ0v) is 13.8. The van der Waals surface area contributed by atoms with Crippen molar-refractivity contribution in [2.45, 2.75) is 77.0 Å². The van der Waals surface area contributed by atoms with Gasteiger partial charge in [-0.05, 0) is 59.1 Å². The van der Waals surface area contributed by atoms with E-state index in [0.717, 1.165) is 25.8 Å². The predicted molar refractivity (Wildman–Crippen MR) is 86.1 cm³/mol. The summed E-state index contributed by atoms with van der Waals surface area (Å²) in [4.78, 5) is 12.1. The third-order valence-corrected chi connectivity index (χ3v) is 4.04. The summed E-state index contributed by atoms with van der Waals surface area (Å²) in [5.41, 5.74) is 0.148. The molecule has 0 radical (unpaired) electrons. The number of nitrogens with one attached hydrogen (secondary N) is 2. The van der Waals surface area contributed by atoms with Gasteiger partial charge >= 0.3 is 0 Å². The number of hydrogen-bond acceptors (Lipinski definition) is 2. The largest absolute Gasteiger partial charge is 0.354 e. The van der Waals surface area contributed by atoms with Crippen molar-refractivity contribution in [1.29, 1.82) is 0 Å². The summed E-state index contributed by atoms with van der Waals surface area (Å²) < 4.78 is 2.12. The molecule has 118 valence electrons. The Morgan fingerprint density at radius 3 is 2.33 bits per heavy atom.